The van der Waals surface area contributed by atoms with E-state index in [4.69, 9.17) is 4.74 Å². The Hall–Kier alpha value is -3.91. The zero-order valence-corrected chi connectivity index (χ0v) is 22.6. The Morgan fingerprint density at radius 3 is 2.34 bits per heavy atom. The molecule has 3 aromatic rings. The van der Waals surface area contributed by atoms with Crippen LogP contribution in [0, 0.1) is 6.92 Å². The molecule has 1 N–H and O–H groups in total. The Labute approximate surface area is 224 Å². The van der Waals surface area contributed by atoms with E-state index in [1.54, 1.807) is 15.8 Å². The molecule has 1 aromatic heterocycles. The molecule has 1 aliphatic rings. The fourth-order valence-corrected chi connectivity index (χ4v) is 4.83. The van der Waals surface area contributed by atoms with Gasteiger partial charge in [0.1, 0.15) is 11.5 Å². The van der Waals surface area contributed by atoms with E-state index < -0.39 is 17.7 Å². The number of hydrogen-bond donors (Lipinski definition) is 1. The summed E-state index contributed by atoms with van der Waals surface area (Å²) < 4.78 is 7.44. The average Bonchev–Trinajstić information content (AvgIpc) is 3.45. The van der Waals surface area contributed by atoms with Crippen molar-refractivity contribution in [1.82, 2.24) is 19.6 Å². The molecule has 38 heavy (non-hydrogen) atoms. The highest BCUT2D eigenvalue weighted by atomic mass is 16.5. The standard InChI is InChI=1S/C30H36N4O4/c1-5-19-38-24-15-13-22(14-16-24)27-26(29(36)30(37)33(27)18-17-32(6-2)7-3)28(35)25-20-31-34(21(25)4)23-11-9-8-10-12-23/h8-16,20,27,35H,5-7,17-19H2,1-4H3. The van der Waals surface area contributed by atoms with Crippen molar-refractivity contribution in [1.29, 1.82) is 0 Å². The summed E-state index contributed by atoms with van der Waals surface area (Å²) in [5.74, 6) is -0.798. The van der Waals surface area contributed by atoms with Crippen LogP contribution >= 0.6 is 0 Å². The van der Waals surface area contributed by atoms with Crippen molar-refractivity contribution in [2.75, 3.05) is 32.8 Å². The fourth-order valence-electron chi connectivity index (χ4n) is 4.83. The Balaban J connectivity index is 1.78. The molecule has 1 saturated heterocycles. The van der Waals surface area contributed by atoms with Gasteiger partial charge >= 0.3 is 0 Å². The van der Waals surface area contributed by atoms with Crippen molar-refractivity contribution in [3.63, 3.8) is 0 Å². The molecule has 0 radical (unpaired) electrons. The molecule has 2 aromatic carbocycles. The molecule has 0 spiro atoms. The SMILES string of the molecule is CCCOc1ccc(C2C(=C(O)c3cnn(-c4ccccc4)c3C)C(=O)C(=O)N2CCN(CC)CC)cc1. The lowest BCUT2D eigenvalue weighted by molar-refractivity contribution is -0.140. The molecule has 1 amide bonds. The minimum absolute atomic E-state index is 0.0764. The maximum Gasteiger partial charge on any atom is 0.295 e. The van der Waals surface area contributed by atoms with Gasteiger partial charge in [0.15, 0.2) is 0 Å². The van der Waals surface area contributed by atoms with Crippen molar-refractivity contribution in [2.24, 2.45) is 0 Å². The van der Waals surface area contributed by atoms with Crippen LogP contribution < -0.4 is 4.74 Å². The molecule has 8 nitrogen and oxygen atoms in total. The fraction of sp³-hybridized carbons (Fsp3) is 0.367. The van der Waals surface area contributed by atoms with E-state index in [2.05, 4.69) is 23.8 Å². The van der Waals surface area contributed by atoms with Crippen molar-refractivity contribution < 1.29 is 19.4 Å². The second-order valence-electron chi connectivity index (χ2n) is 9.33. The second kappa shape index (κ2) is 12.1. The third-order valence-corrected chi connectivity index (χ3v) is 7.03. The van der Waals surface area contributed by atoms with Gasteiger partial charge in [-0.3, -0.25) is 9.59 Å². The first-order valence-corrected chi connectivity index (χ1v) is 13.2. The Bertz CT molecular complexity index is 1290. The number of hydrogen-bond acceptors (Lipinski definition) is 6. The maximum absolute atomic E-state index is 13.4. The van der Waals surface area contributed by atoms with Gasteiger partial charge in [0.25, 0.3) is 11.7 Å². The molecule has 2 heterocycles. The van der Waals surface area contributed by atoms with Crippen molar-refractivity contribution >= 4 is 17.4 Å². The predicted molar refractivity (Wildman–Crippen MR) is 147 cm³/mol. The van der Waals surface area contributed by atoms with Crippen molar-refractivity contribution in [2.45, 2.75) is 40.2 Å². The first-order chi connectivity index (χ1) is 18.4. The zero-order valence-electron chi connectivity index (χ0n) is 22.6. The van der Waals surface area contributed by atoms with Gasteiger partial charge in [0.05, 0.1) is 41.4 Å². The summed E-state index contributed by atoms with van der Waals surface area (Å²) >= 11 is 0. The van der Waals surface area contributed by atoms with Crippen LogP contribution in [0.25, 0.3) is 11.4 Å². The van der Waals surface area contributed by atoms with Gasteiger partial charge in [-0.05, 0) is 56.3 Å². The van der Waals surface area contributed by atoms with Gasteiger partial charge in [-0.1, -0.05) is 51.1 Å². The minimum Gasteiger partial charge on any atom is -0.507 e. The number of para-hydroxylation sites is 1. The van der Waals surface area contributed by atoms with E-state index in [0.717, 1.165) is 36.5 Å². The number of carbonyl (C=O) groups excluding carboxylic acids is 2. The summed E-state index contributed by atoms with van der Waals surface area (Å²) in [6.45, 7) is 11.3. The van der Waals surface area contributed by atoms with Gasteiger partial charge in [0, 0.05) is 13.1 Å². The zero-order chi connectivity index (χ0) is 27.2. The molecular formula is C30H36N4O4. The lowest BCUT2D eigenvalue weighted by atomic mass is 9.95. The van der Waals surface area contributed by atoms with E-state index >= 15 is 0 Å². The molecule has 200 valence electrons. The van der Waals surface area contributed by atoms with E-state index in [1.165, 1.54) is 0 Å². The summed E-state index contributed by atoms with van der Waals surface area (Å²) in [5.41, 5.74) is 2.74. The number of nitrogens with zero attached hydrogens (tertiary/aromatic N) is 4. The first-order valence-electron chi connectivity index (χ1n) is 13.2. The Morgan fingerprint density at radius 1 is 1.03 bits per heavy atom. The number of Topliss-reactive ketones (excluding diaryl/α,β-unsaturated/α-hetero) is 1. The quantitative estimate of drug-likeness (QED) is 0.225. The summed E-state index contributed by atoms with van der Waals surface area (Å²) in [4.78, 5) is 30.5. The highest BCUT2D eigenvalue weighted by Crippen LogP contribution is 2.40. The number of ether oxygens (including phenoxy) is 1. The van der Waals surface area contributed by atoms with Crippen LogP contribution in [0.4, 0.5) is 0 Å². The number of carbonyl (C=O) groups is 2. The smallest absolute Gasteiger partial charge is 0.295 e. The molecule has 1 unspecified atom stereocenters. The molecule has 0 aliphatic carbocycles. The summed E-state index contributed by atoms with van der Waals surface area (Å²) in [6, 6.07) is 16.3. The van der Waals surface area contributed by atoms with Gasteiger partial charge in [-0.25, -0.2) is 4.68 Å². The van der Waals surface area contributed by atoms with E-state index in [0.29, 0.717) is 31.0 Å². The molecule has 1 fully saturated rings. The lowest BCUT2D eigenvalue weighted by Crippen LogP contribution is -2.38. The number of aliphatic hydroxyl groups is 1. The summed E-state index contributed by atoms with van der Waals surface area (Å²) in [7, 11) is 0. The minimum atomic E-state index is -0.717. The van der Waals surface area contributed by atoms with Gasteiger partial charge in [0.2, 0.25) is 0 Å². The van der Waals surface area contributed by atoms with Gasteiger partial charge in [-0.15, -0.1) is 0 Å². The number of amides is 1. The third kappa shape index (κ3) is 5.36. The monoisotopic (exact) mass is 516 g/mol. The van der Waals surface area contributed by atoms with Crippen molar-refractivity contribution in [3.05, 3.63) is 83.2 Å². The van der Waals surface area contributed by atoms with E-state index in [1.807, 2.05) is 68.4 Å². The first kappa shape index (κ1) is 27.1. The van der Waals surface area contributed by atoms with Crippen LogP contribution in [0.15, 0.2) is 66.4 Å². The number of likely N-dealkylation sites (N-methyl/N-ethyl adjacent to an activating group) is 1. The highest BCUT2D eigenvalue weighted by Gasteiger charge is 2.46. The number of rotatable bonds is 11. The van der Waals surface area contributed by atoms with Crippen LogP contribution in [0.1, 0.15) is 50.1 Å². The number of ketones is 1. The number of benzene rings is 2. The second-order valence-corrected chi connectivity index (χ2v) is 9.33. The van der Waals surface area contributed by atoms with Gasteiger partial charge in [-0.2, -0.15) is 5.10 Å². The van der Waals surface area contributed by atoms with Crippen LogP contribution in [-0.4, -0.2) is 69.2 Å². The highest BCUT2D eigenvalue weighted by molar-refractivity contribution is 6.46. The molecule has 0 saturated carbocycles. The summed E-state index contributed by atoms with van der Waals surface area (Å²) in [6.07, 6.45) is 2.43. The number of aliphatic hydroxyl groups excluding tert-OH is 1. The molecule has 8 heteroatoms. The number of likely N-dealkylation sites (tertiary alicyclic amines) is 1. The van der Waals surface area contributed by atoms with Crippen LogP contribution in [0.5, 0.6) is 5.75 Å². The van der Waals surface area contributed by atoms with E-state index in [-0.39, 0.29) is 11.3 Å². The molecule has 4 rings (SSSR count). The third-order valence-electron chi connectivity index (χ3n) is 7.03. The Kier molecular flexibility index (Phi) is 8.63. The topological polar surface area (TPSA) is 87.9 Å². The summed E-state index contributed by atoms with van der Waals surface area (Å²) in [5, 5.41) is 16.0. The van der Waals surface area contributed by atoms with Crippen LogP contribution in [0.2, 0.25) is 0 Å². The maximum atomic E-state index is 13.4. The molecule has 0 bridgehead atoms. The van der Waals surface area contributed by atoms with E-state index in [9.17, 15) is 14.7 Å². The normalized spacial score (nSPS) is 17.0. The Morgan fingerprint density at radius 2 is 1.71 bits per heavy atom. The van der Waals surface area contributed by atoms with Crippen LogP contribution in [0.3, 0.4) is 0 Å². The average molecular weight is 517 g/mol. The predicted octanol–water partition coefficient (Wildman–Crippen LogP) is 4.73. The molecule has 1 aliphatic heterocycles. The number of aromatic nitrogens is 2. The lowest BCUT2D eigenvalue weighted by Gasteiger charge is -2.28. The van der Waals surface area contributed by atoms with Crippen molar-refractivity contribution in [3.8, 4) is 11.4 Å². The molecular weight excluding hydrogens is 480 g/mol. The van der Waals surface area contributed by atoms with Crippen LogP contribution in [-0.2, 0) is 9.59 Å². The van der Waals surface area contributed by atoms with Gasteiger partial charge < -0.3 is 19.6 Å². The largest absolute Gasteiger partial charge is 0.507 e. The molecule has 1 atom stereocenters.